The van der Waals surface area contributed by atoms with E-state index in [1.54, 1.807) is 24.3 Å². The van der Waals surface area contributed by atoms with Crippen molar-refractivity contribution in [2.45, 2.75) is 4.90 Å². The molecule has 0 atom stereocenters. The Hall–Kier alpha value is -2.56. The van der Waals surface area contributed by atoms with E-state index in [0.717, 1.165) is 6.26 Å². The van der Waals surface area contributed by atoms with Gasteiger partial charge < -0.3 is 9.47 Å². The van der Waals surface area contributed by atoms with Crippen molar-refractivity contribution in [3.8, 4) is 11.8 Å². The quantitative estimate of drug-likeness (QED) is 0.566. The molecule has 0 aliphatic heterocycles. The maximum absolute atomic E-state index is 12.0. The van der Waals surface area contributed by atoms with Crippen LogP contribution in [0, 0.1) is 11.3 Å². The van der Waals surface area contributed by atoms with Crippen LogP contribution in [0.15, 0.2) is 47.4 Å². The standard InChI is InChI=1S/C17H14ClNO5S/c1-25(21,22)16-10-13(4-7-15(16)18)17(20)24-9-8-23-14-5-2-12(11-19)3-6-14/h2-7,10H,8-9H2,1H3. The molecule has 130 valence electrons. The fraction of sp³-hybridized carbons (Fsp3) is 0.176. The summed E-state index contributed by atoms with van der Waals surface area (Å²) in [4.78, 5) is 11.9. The topological polar surface area (TPSA) is 93.5 Å². The van der Waals surface area contributed by atoms with Gasteiger partial charge in [-0.2, -0.15) is 5.26 Å². The number of nitrogens with zero attached hydrogens (tertiary/aromatic N) is 1. The molecule has 0 saturated heterocycles. The molecule has 0 aliphatic rings. The molecule has 6 nitrogen and oxygen atoms in total. The number of ether oxygens (including phenoxy) is 2. The van der Waals surface area contributed by atoms with Crippen LogP contribution in [-0.4, -0.2) is 33.9 Å². The Labute approximate surface area is 150 Å². The number of carbonyl (C=O) groups is 1. The number of halogens is 1. The SMILES string of the molecule is CS(=O)(=O)c1cc(C(=O)OCCOc2ccc(C#N)cc2)ccc1Cl. The minimum atomic E-state index is -3.54. The van der Waals surface area contributed by atoms with E-state index in [4.69, 9.17) is 26.3 Å². The predicted octanol–water partition coefficient (Wildman–Crippen LogP) is 2.85. The average molecular weight is 380 g/mol. The Bertz CT molecular complexity index is 917. The molecule has 0 fully saturated rings. The first-order valence-corrected chi connectivity index (χ1v) is 9.38. The zero-order chi connectivity index (χ0) is 18.4. The third-order valence-corrected chi connectivity index (χ3v) is 4.71. The first-order chi connectivity index (χ1) is 11.8. The molecule has 0 aliphatic carbocycles. The summed E-state index contributed by atoms with van der Waals surface area (Å²) >= 11 is 5.83. The number of rotatable bonds is 6. The van der Waals surface area contributed by atoms with E-state index in [-0.39, 0.29) is 28.7 Å². The molecule has 0 heterocycles. The van der Waals surface area contributed by atoms with Crippen molar-refractivity contribution in [2.75, 3.05) is 19.5 Å². The summed E-state index contributed by atoms with van der Waals surface area (Å²) < 4.78 is 33.7. The molecule has 0 saturated carbocycles. The molecule has 0 spiro atoms. The lowest BCUT2D eigenvalue weighted by Gasteiger charge is -2.09. The van der Waals surface area contributed by atoms with E-state index in [9.17, 15) is 13.2 Å². The van der Waals surface area contributed by atoms with Crippen LogP contribution in [0.2, 0.25) is 5.02 Å². The van der Waals surface area contributed by atoms with Crippen molar-refractivity contribution in [3.05, 3.63) is 58.6 Å². The molecule has 2 rings (SSSR count). The highest BCUT2D eigenvalue weighted by atomic mass is 35.5. The highest BCUT2D eigenvalue weighted by Crippen LogP contribution is 2.23. The lowest BCUT2D eigenvalue weighted by atomic mass is 10.2. The van der Waals surface area contributed by atoms with Crippen molar-refractivity contribution in [3.63, 3.8) is 0 Å². The second-order valence-corrected chi connectivity index (χ2v) is 7.43. The zero-order valence-corrected chi connectivity index (χ0v) is 14.8. The molecule has 0 unspecified atom stereocenters. The van der Waals surface area contributed by atoms with Crippen molar-refractivity contribution in [2.24, 2.45) is 0 Å². The largest absolute Gasteiger partial charge is 0.490 e. The van der Waals surface area contributed by atoms with Gasteiger partial charge in [-0.05, 0) is 42.5 Å². The number of sulfone groups is 1. The fourth-order valence-electron chi connectivity index (χ4n) is 1.92. The van der Waals surface area contributed by atoms with Crippen LogP contribution in [0.3, 0.4) is 0 Å². The van der Waals surface area contributed by atoms with Crippen molar-refractivity contribution in [1.82, 2.24) is 0 Å². The molecule has 2 aromatic carbocycles. The van der Waals surface area contributed by atoms with E-state index in [1.807, 2.05) is 6.07 Å². The van der Waals surface area contributed by atoms with Gasteiger partial charge in [0.1, 0.15) is 19.0 Å². The Morgan fingerprint density at radius 1 is 1.16 bits per heavy atom. The van der Waals surface area contributed by atoms with Gasteiger partial charge in [0.05, 0.1) is 27.1 Å². The van der Waals surface area contributed by atoms with Gasteiger partial charge in [-0.1, -0.05) is 11.6 Å². The Balaban J connectivity index is 1.91. The first kappa shape index (κ1) is 18.8. The second-order valence-electron chi connectivity index (χ2n) is 5.04. The molecule has 0 bridgehead atoms. The van der Waals surface area contributed by atoms with Crippen LogP contribution in [0.25, 0.3) is 0 Å². The lowest BCUT2D eigenvalue weighted by molar-refractivity contribution is 0.0450. The van der Waals surface area contributed by atoms with Crippen LogP contribution in [-0.2, 0) is 14.6 Å². The summed E-state index contributed by atoms with van der Waals surface area (Å²) in [5.41, 5.74) is 0.603. The van der Waals surface area contributed by atoms with Crippen LogP contribution < -0.4 is 4.74 Å². The van der Waals surface area contributed by atoms with Gasteiger partial charge in [-0.3, -0.25) is 0 Å². The molecular formula is C17H14ClNO5S. The molecule has 0 aromatic heterocycles. The highest BCUT2D eigenvalue weighted by molar-refractivity contribution is 7.90. The summed E-state index contributed by atoms with van der Waals surface area (Å²) in [6.07, 6.45) is 1.01. The Kier molecular flexibility index (Phi) is 6.02. The number of esters is 1. The third kappa shape index (κ3) is 5.21. The smallest absolute Gasteiger partial charge is 0.338 e. The maximum atomic E-state index is 12.0. The van der Waals surface area contributed by atoms with Crippen LogP contribution in [0.1, 0.15) is 15.9 Å². The van der Waals surface area contributed by atoms with E-state index < -0.39 is 15.8 Å². The number of hydrogen-bond donors (Lipinski definition) is 0. The molecule has 8 heteroatoms. The zero-order valence-electron chi connectivity index (χ0n) is 13.2. The molecule has 0 N–H and O–H groups in total. The maximum Gasteiger partial charge on any atom is 0.338 e. The van der Waals surface area contributed by atoms with Gasteiger partial charge in [0, 0.05) is 6.26 Å². The summed E-state index contributed by atoms with van der Waals surface area (Å²) in [6, 6.07) is 12.4. The highest BCUT2D eigenvalue weighted by Gasteiger charge is 2.16. The summed E-state index contributed by atoms with van der Waals surface area (Å²) in [6.45, 7) is 0.0971. The monoisotopic (exact) mass is 379 g/mol. The molecular weight excluding hydrogens is 366 g/mol. The van der Waals surface area contributed by atoms with Crippen LogP contribution in [0.4, 0.5) is 0 Å². The first-order valence-electron chi connectivity index (χ1n) is 7.11. The summed E-state index contributed by atoms with van der Waals surface area (Å²) in [5, 5.41) is 8.75. The number of hydrogen-bond acceptors (Lipinski definition) is 6. The second kappa shape index (κ2) is 8.01. The molecule has 0 radical (unpaired) electrons. The van der Waals surface area contributed by atoms with E-state index >= 15 is 0 Å². The molecule has 2 aromatic rings. The third-order valence-electron chi connectivity index (χ3n) is 3.14. The van der Waals surface area contributed by atoms with E-state index in [2.05, 4.69) is 0 Å². The Morgan fingerprint density at radius 3 is 2.44 bits per heavy atom. The predicted molar refractivity (Wildman–Crippen MR) is 91.5 cm³/mol. The van der Waals surface area contributed by atoms with E-state index in [1.165, 1.54) is 18.2 Å². The molecule has 0 amide bonds. The minimum Gasteiger partial charge on any atom is -0.490 e. The summed E-state index contributed by atoms with van der Waals surface area (Å²) in [5.74, 6) is -0.133. The normalized spacial score (nSPS) is 10.8. The number of benzene rings is 2. The van der Waals surface area contributed by atoms with Gasteiger partial charge in [0.25, 0.3) is 0 Å². The lowest BCUT2D eigenvalue weighted by Crippen LogP contribution is -2.13. The van der Waals surface area contributed by atoms with Crippen LogP contribution >= 0.6 is 11.6 Å². The van der Waals surface area contributed by atoms with Crippen molar-refractivity contribution in [1.29, 1.82) is 5.26 Å². The summed E-state index contributed by atoms with van der Waals surface area (Å²) in [7, 11) is -3.54. The number of carbonyl (C=O) groups excluding carboxylic acids is 1. The van der Waals surface area contributed by atoms with Crippen LogP contribution in [0.5, 0.6) is 5.75 Å². The Morgan fingerprint density at radius 2 is 1.84 bits per heavy atom. The average Bonchev–Trinajstić information content (AvgIpc) is 2.58. The van der Waals surface area contributed by atoms with Gasteiger partial charge >= 0.3 is 5.97 Å². The number of nitriles is 1. The van der Waals surface area contributed by atoms with Crippen molar-refractivity contribution >= 4 is 27.4 Å². The fourth-order valence-corrected chi connectivity index (χ4v) is 3.22. The van der Waals surface area contributed by atoms with Crippen molar-refractivity contribution < 1.29 is 22.7 Å². The van der Waals surface area contributed by atoms with E-state index in [0.29, 0.717) is 11.3 Å². The minimum absolute atomic E-state index is 0.0182. The van der Waals surface area contributed by atoms with Gasteiger partial charge in [0.15, 0.2) is 9.84 Å². The van der Waals surface area contributed by atoms with Gasteiger partial charge in [-0.15, -0.1) is 0 Å². The molecule has 25 heavy (non-hydrogen) atoms. The van der Waals surface area contributed by atoms with Gasteiger partial charge in [-0.25, -0.2) is 13.2 Å². The van der Waals surface area contributed by atoms with Gasteiger partial charge in [0.2, 0.25) is 0 Å².